The van der Waals surface area contributed by atoms with E-state index in [0.717, 1.165) is 72.5 Å². The summed E-state index contributed by atoms with van der Waals surface area (Å²) in [6, 6.07) is 49.0. The fraction of sp³-hybridized carbons (Fsp3) is 0.208. The standard InChI is InChI=1S/C53H50N3O.Pt/c1-33-18-20-37(21-19-33)38-22-23-54-47(31-38)41-26-40(28-42(29-41)52(4,5)6)45-16-13-17-48-49(45)55-51(46-25-34(2)24-35(3)50(46)57)56(48)44-30-39(36-14-11-10-12-15-36)27-43(32-44)53(7,8)9;/h10-25,27-32,57H,1-9H3;/q-1;. The molecule has 58 heavy (non-hydrogen) atoms. The summed E-state index contributed by atoms with van der Waals surface area (Å²) < 4.78 is 2.23. The number of hydrogen-bond acceptors (Lipinski definition) is 3. The molecule has 0 aliphatic heterocycles. The molecule has 0 bridgehead atoms. The van der Waals surface area contributed by atoms with Crippen LogP contribution >= 0.6 is 0 Å². The predicted octanol–water partition coefficient (Wildman–Crippen LogP) is 13.8. The Morgan fingerprint density at radius 3 is 1.95 bits per heavy atom. The molecule has 5 heteroatoms. The Morgan fingerprint density at radius 1 is 0.569 bits per heavy atom. The monoisotopic (exact) mass is 939 g/mol. The molecule has 8 aromatic rings. The third kappa shape index (κ3) is 7.96. The summed E-state index contributed by atoms with van der Waals surface area (Å²) in [5, 5.41) is 11.7. The van der Waals surface area contributed by atoms with Gasteiger partial charge >= 0.3 is 0 Å². The molecule has 2 aromatic heterocycles. The Morgan fingerprint density at radius 2 is 1.24 bits per heavy atom. The van der Waals surface area contributed by atoms with Crippen molar-refractivity contribution in [2.75, 3.05) is 0 Å². The van der Waals surface area contributed by atoms with E-state index >= 15 is 0 Å². The zero-order valence-electron chi connectivity index (χ0n) is 34.8. The molecule has 0 atom stereocenters. The first kappa shape index (κ1) is 40.6. The van der Waals surface area contributed by atoms with Gasteiger partial charge in [0, 0.05) is 38.6 Å². The number of rotatable bonds is 6. The average molecular weight is 940 g/mol. The summed E-state index contributed by atoms with van der Waals surface area (Å²) in [5.41, 5.74) is 17.0. The second-order valence-electron chi connectivity index (χ2n) is 17.5. The van der Waals surface area contributed by atoms with Gasteiger partial charge < -0.3 is 5.11 Å². The summed E-state index contributed by atoms with van der Waals surface area (Å²) in [5.74, 6) is 0.920. The van der Waals surface area contributed by atoms with Crippen LogP contribution in [-0.4, -0.2) is 19.6 Å². The van der Waals surface area contributed by atoms with Gasteiger partial charge in [0.1, 0.15) is 11.6 Å². The summed E-state index contributed by atoms with van der Waals surface area (Å²) >= 11 is 0. The van der Waals surface area contributed by atoms with Crippen LogP contribution in [0.4, 0.5) is 0 Å². The topological polar surface area (TPSA) is 50.9 Å². The van der Waals surface area contributed by atoms with Crippen LogP contribution < -0.4 is 0 Å². The van der Waals surface area contributed by atoms with Crippen molar-refractivity contribution in [3.8, 4) is 67.5 Å². The molecule has 8 rings (SSSR count). The number of para-hydroxylation sites is 1. The van der Waals surface area contributed by atoms with Crippen molar-refractivity contribution in [2.24, 2.45) is 0 Å². The van der Waals surface area contributed by atoms with Crippen molar-refractivity contribution in [1.82, 2.24) is 14.5 Å². The van der Waals surface area contributed by atoms with Gasteiger partial charge in [-0.2, -0.15) is 0 Å². The van der Waals surface area contributed by atoms with Gasteiger partial charge in [-0.3, -0.25) is 9.55 Å². The van der Waals surface area contributed by atoms with Crippen molar-refractivity contribution in [3.63, 3.8) is 0 Å². The Hall–Kier alpha value is -5.57. The van der Waals surface area contributed by atoms with Gasteiger partial charge in [0.15, 0.2) is 0 Å². The van der Waals surface area contributed by atoms with E-state index in [1.165, 1.54) is 16.7 Å². The maximum absolute atomic E-state index is 11.7. The molecule has 1 N–H and O–H groups in total. The van der Waals surface area contributed by atoms with E-state index in [1.807, 2.05) is 25.3 Å². The van der Waals surface area contributed by atoms with Crippen molar-refractivity contribution in [1.29, 1.82) is 0 Å². The van der Waals surface area contributed by atoms with E-state index in [1.54, 1.807) is 0 Å². The third-order valence-corrected chi connectivity index (χ3v) is 11.0. The first-order valence-corrected chi connectivity index (χ1v) is 19.8. The van der Waals surface area contributed by atoms with Crippen LogP contribution in [0.5, 0.6) is 5.75 Å². The average Bonchev–Trinajstić information content (AvgIpc) is 3.59. The van der Waals surface area contributed by atoms with Crippen molar-refractivity contribution in [2.45, 2.75) is 73.1 Å². The number of fused-ring (bicyclic) bond motifs is 1. The van der Waals surface area contributed by atoms with Gasteiger partial charge in [-0.05, 0) is 101 Å². The molecule has 0 aliphatic carbocycles. The van der Waals surface area contributed by atoms with Gasteiger partial charge in [0.05, 0.1) is 16.6 Å². The first-order chi connectivity index (χ1) is 27.1. The maximum Gasteiger partial charge on any atom is 0.148 e. The first-order valence-electron chi connectivity index (χ1n) is 19.8. The Labute approximate surface area is 358 Å². The van der Waals surface area contributed by atoms with Crippen molar-refractivity contribution < 1.29 is 26.2 Å². The number of benzene rings is 6. The van der Waals surface area contributed by atoms with E-state index in [-0.39, 0.29) is 37.6 Å². The van der Waals surface area contributed by atoms with Gasteiger partial charge in [0.25, 0.3) is 0 Å². The minimum absolute atomic E-state index is 0. The van der Waals surface area contributed by atoms with Gasteiger partial charge in [-0.1, -0.05) is 143 Å². The maximum atomic E-state index is 11.7. The molecule has 0 saturated carbocycles. The summed E-state index contributed by atoms with van der Waals surface area (Å²) in [6.45, 7) is 19.6. The number of aromatic hydroxyl groups is 1. The molecule has 0 fully saturated rings. The van der Waals surface area contributed by atoms with Crippen LogP contribution in [-0.2, 0) is 31.9 Å². The summed E-state index contributed by atoms with van der Waals surface area (Å²) in [7, 11) is 0. The van der Waals surface area contributed by atoms with Crippen LogP contribution in [0.15, 0.2) is 134 Å². The molecular formula is C53H50N3OPt-. The Balaban J connectivity index is 0.00000512. The van der Waals surface area contributed by atoms with Crippen LogP contribution in [0.3, 0.4) is 0 Å². The number of aryl methyl sites for hydroxylation is 3. The number of hydrogen-bond donors (Lipinski definition) is 1. The van der Waals surface area contributed by atoms with E-state index in [2.05, 4.69) is 181 Å². The predicted molar refractivity (Wildman–Crippen MR) is 238 cm³/mol. The van der Waals surface area contributed by atoms with E-state index in [0.29, 0.717) is 11.4 Å². The van der Waals surface area contributed by atoms with Gasteiger partial charge in [0.2, 0.25) is 0 Å². The molecule has 0 radical (unpaired) electrons. The second-order valence-corrected chi connectivity index (χ2v) is 17.5. The largest absolute Gasteiger partial charge is 0.507 e. The van der Waals surface area contributed by atoms with Gasteiger partial charge in [-0.15, -0.1) is 29.3 Å². The van der Waals surface area contributed by atoms with Crippen molar-refractivity contribution >= 4 is 11.0 Å². The van der Waals surface area contributed by atoms with Crippen LogP contribution in [0, 0.1) is 26.8 Å². The third-order valence-electron chi connectivity index (χ3n) is 11.0. The summed E-state index contributed by atoms with van der Waals surface area (Å²) in [4.78, 5) is 10.4. The molecule has 2 heterocycles. The SMILES string of the molecule is Cc1ccc(-c2ccnc(-c3[c-]c(-c4cccc5c4nc(-c4cc(C)cc(C)c4O)n5-c4cc(-c5ccccc5)cc(C(C)(C)C)c4)cc(C(C)(C)C)c3)c2)cc1.[Pt]. The Bertz CT molecular complexity index is 2780. The molecule has 0 saturated heterocycles. The van der Waals surface area contributed by atoms with Crippen LogP contribution in [0.25, 0.3) is 72.7 Å². The number of imidazole rings is 1. The molecule has 294 valence electrons. The summed E-state index contributed by atoms with van der Waals surface area (Å²) in [6.07, 6.45) is 1.89. The van der Waals surface area contributed by atoms with E-state index < -0.39 is 0 Å². The van der Waals surface area contributed by atoms with Crippen molar-refractivity contribution in [3.05, 3.63) is 167 Å². The zero-order valence-corrected chi connectivity index (χ0v) is 37.1. The number of phenolic OH excluding ortho intramolecular Hbond substituents is 1. The minimum Gasteiger partial charge on any atom is -0.507 e. The fourth-order valence-corrected chi connectivity index (χ4v) is 7.65. The minimum atomic E-state index is -0.141. The molecule has 6 aromatic carbocycles. The van der Waals surface area contributed by atoms with Crippen LogP contribution in [0.1, 0.15) is 69.4 Å². The molecular weight excluding hydrogens is 890 g/mol. The molecule has 0 spiro atoms. The smallest absolute Gasteiger partial charge is 0.148 e. The zero-order chi connectivity index (χ0) is 40.2. The quantitative estimate of drug-likeness (QED) is 0.169. The number of pyridine rings is 1. The van der Waals surface area contributed by atoms with E-state index in [4.69, 9.17) is 9.97 Å². The molecule has 4 nitrogen and oxygen atoms in total. The van der Waals surface area contributed by atoms with Gasteiger partial charge in [-0.25, -0.2) is 4.98 Å². The van der Waals surface area contributed by atoms with Crippen LogP contribution in [0.2, 0.25) is 0 Å². The fourth-order valence-electron chi connectivity index (χ4n) is 7.65. The number of phenols is 1. The number of aromatic nitrogens is 3. The number of nitrogens with zero attached hydrogens (tertiary/aromatic N) is 3. The molecule has 0 amide bonds. The Kier molecular flexibility index (Phi) is 11.0. The molecule has 0 unspecified atom stereocenters. The second kappa shape index (κ2) is 15.6. The normalized spacial score (nSPS) is 11.8. The van der Waals surface area contributed by atoms with E-state index in [9.17, 15) is 5.11 Å². The molecule has 0 aliphatic rings.